The highest BCUT2D eigenvalue weighted by Crippen LogP contribution is 2.13. The van der Waals surface area contributed by atoms with Gasteiger partial charge in [0.2, 0.25) is 6.79 Å². The minimum absolute atomic E-state index is 0.281. The molecule has 2 aromatic carbocycles. The highest BCUT2D eigenvalue weighted by Gasteiger charge is 2.09. The maximum Gasteiger partial charge on any atom is 0.516 e. The molecule has 2 rings (SSSR count). The molecule has 0 aliphatic rings. The van der Waals surface area contributed by atoms with Gasteiger partial charge in [0.25, 0.3) is 0 Å². The van der Waals surface area contributed by atoms with Crippen LogP contribution in [0.1, 0.15) is 10.4 Å². The van der Waals surface area contributed by atoms with Gasteiger partial charge < -0.3 is 19.9 Å². The quantitative estimate of drug-likeness (QED) is 0.402. The lowest BCUT2D eigenvalue weighted by molar-refractivity contribution is -0.0142. The smallest absolute Gasteiger partial charge is 0.424 e. The summed E-state index contributed by atoms with van der Waals surface area (Å²) in [5.41, 5.74) is 6.41. The van der Waals surface area contributed by atoms with Crippen LogP contribution in [0.3, 0.4) is 0 Å². The summed E-state index contributed by atoms with van der Waals surface area (Å²) in [6, 6.07) is 14.6. The zero-order chi connectivity index (χ0) is 15.1. The van der Waals surface area contributed by atoms with Crippen LogP contribution in [0.5, 0.6) is 5.75 Å². The SMILES string of the molecule is Nc1ccc(OC(=O)OCOC(=O)c2ccccc2)cc1. The predicted molar refractivity (Wildman–Crippen MR) is 74.7 cm³/mol. The molecule has 0 spiro atoms. The summed E-state index contributed by atoms with van der Waals surface area (Å²) in [6.45, 7) is -0.526. The molecule has 2 N–H and O–H groups in total. The zero-order valence-electron chi connectivity index (χ0n) is 11.0. The highest BCUT2D eigenvalue weighted by molar-refractivity contribution is 5.89. The monoisotopic (exact) mass is 287 g/mol. The maximum atomic E-state index is 11.6. The number of carbonyl (C=O) groups excluding carboxylic acids is 2. The van der Waals surface area contributed by atoms with Crippen molar-refractivity contribution >= 4 is 17.8 Å². The third-order valence-electron chi connectivity index (χ3n) is 2.46. The van der Waals surface area contributed by atoms with Gasteiger partial charge in [-0.15, -0.1) is 0 Å². The summed E-state index contributed by atoms with van der Waals surface area (Å²) in [4.78, 5) is 22.9. The first kappa shape index (κ1) is 14.4. The fourth-order valence-corrected chi connectivity index (χ4v) is 1.45. The van der Waals surface area contributed by atoms with Crippen LogP contribution in [0.4, 0.5) is 10.5 Å². The first-order valence-corrected chi connectivity index (χ1v) is 6.07. The second kappa shape index (κ2) is 6.95. The largest absolute Gasteiger partial charge is 0.516 e. The summed E-state index contributed by atoms with van der Waals surface area (Å²) in [7, 11) is 0. The number of esters is 1. The van der Waals surface area contributed by atoms with E-state index in [2.05, 4.69) is 4.74 Å². The number of nitrogens with two attached hydrogens (primary N) is 1. The van der Waals surface area contributed by atoms with Gasteiger partial charge in [-0.25, -0.2) is 9.59 Å². The number of ether oxygens (including phenoxy) is 3. The second-order valence-corrected chi connectivity index (χ2v) is 3.98. The maximum absolute atomic E-state index is 11.6. The fraction of sp³-hybridized carbons (Fsp3) is 0.0667. The number of anilines is 1. The van der Waals surface area contributed by atoms with Gasteiger partial charge in [0.1, 0.15) is 5.75 Å². The molecule has 0 radical (unpaired) electrons. The lowest BCUT2D eigenvalue weighted by Gasteiger charge is -2.07. The van der Waals surface area contributed by atoms with E-state index in [9.17, 15) is 9.59 Å². The van der Waals surface area contributed by atoms with Crippen LogP contribution in [-0.2, 0) is 9.47 Å². The van der Waals surface area contributed by atoms with E-state index in [1.165, 1.54) is 12.1 Å². The van der Waals surface area contributed by atoms with E-state index in [1.54, 1.807) is 42.5 Å². The number of nitrogen functional groups attached to an aromatic ring is 1. The van der Waals surface area contributed by atoms with Crippen molar-refractivity contribution in [3.8, 4) is 5.75 Å². The van der Waals surface area contributed by atoms with Crippen molar-refractivity contribution in [2.45, 2.75) is 0 Å². The summed E-state index contributed by atoms with van der Waals surface area (Å²) in [5, 5.41) is 0. The Labute approximate surface area is 121 Å². The number of rotatable bonds is 4. The van der Waals surface area contributed by atoms with Gasteiger partial charge in [0.05, 0.1) is 5.56 Å². The topological polar surface area (TPSA) is 87.8 Å². The van der Waals surface area contributed by atoms with E-state index in [1.807, 2.05) is 0 Å². The minimum Gasteiger partial charge on any atom is -0.424 e. The van der Waals surface area contributed by atoms with Crippen LogP contribution in [-0.4, -0.2) is 18.9 Å². The highest BCUT2D eigenvalue weighted by atomic mass is 16.8. The molecule has 0 aromatic heterocycles. The molecule has 0 amide bonds. The first-order chi connectivity index (χ1) is 10.1. The second-order valence-electron chi connectivity index (χ2n) is 3.98. The molecule has 0 fully saturated rings. The van der Waals surface area contributed by atoms with Gasteiger partial charge in [-0.2, -0.15) is 0 Å². The van der Waals surface area contributed by atoms with Gasteiger partial charge in [-0.3, -0.25) is 0 Å². The average molecular weight is 287 g/mol. The van der Waals surface area contributed by atoms with E-state index >= 15 is 0 Å². The summed E-state index contributed by atoms with van der Waals surface area (Å²) < 4.78 is 14.3. The summed E-state index contributed by atoms with van der Waals surface area (Å²) >= 11 is 0. The Hall–Kier alpha value is -3.02. The molecule has 0 saturated heterocycles. The van der Waals surface area contributed by atoms with Crippen LogP contribution in [0.25, 0.3) is 0 Å². The van der Waals surface area contributed by atoms with Crippen molar-refractivity contribution in [3.63, 3.8) is 0 Å². The number of hydrogen-bond acceptors (Lipinski definition) is 6. The molecule has 0 aliphatic carbocycles. The van der Waals surface area contributed by atoms with Crippen molar-refractivity contribution in [1.29, 1.82) is 0 Å². The van der Waals surface area contributed by atoms with Crippen molar-refractivity contribution in [3.05, 3.63) is 60.2 Å². The molecule has 0 aliphatic heterocycles. The van der Waals surface area contributed by atoms with Crippen molar-refractivity contribution in [2.24, 2.45) is 0 Å². The standard InChI is InChI=1S/C15H13NO5/c16-12-6-8-13(9-7-12)21-15(18)20-10-19-14(17)11-4-2-1-3-5-11/h1-9H,10,16H2. The van der Waals surface area contributed by atoms with Crippen molar-refractivity contribution in [2.75, 3.05) is 12.5 Å². The van der Waals surface area contributed by atoms with Gasteiger partial charge in [0, 0.05) is 5.69 Å². The predicted octanol–water partition coefficient (Wildman–Crippen LogP) is 2.60. The molecule has 0 saturated carbocycles. The molecule has 6 nitrogen and oxygen atoms in total. The molecule has 0 atom stereocenters. The lowest BCUT2D eigenvalue weighted by Crippen LogP contribution is -2.15. The fourth-order valence-electron chi connectivity index (χ4n) is 1.45. The Kier molecular flexibility index (Phi) is 4.76. The van der Waals surface area contributed by atoms with Gasteiger partial charge >= 0.3 is 12.1 Å². The number of hydrogen-bond donors (Lipinski definition) is 1. The Bertz CT molecular complexity index is 610. The average Bonchev–Trinajstić information content (AvgIpc) is 2.50. The van der Waals surface area contributed by atoms with Crippen LogP contribution in [0.2, 0.25) is 0 Å². The van der Waals surface area contributed by atoms with Gasteiger partial charge in [-0.05, 0) is 36.4 Å². The van der Waals surface area contributed by atoms with E-state index in [0.29, 0.717) is 11.3 Å². The number of carbonyl (C=O) groups is 2. The van der Waals surface area contributed by atoms with Crippen LogP contribution in [0.15, 0.2) is 54.6 Å². The molecule has 2 aromatic rings. The van der Waals surface area contributed by atoms with Crippen molar-refractivity contribution < 1.29 is 23.8 Å². The molecule has 21 heavy (non-hydrogen) atoms. The third kappa shape index (κ3) is 4.54. The summed E-state index contributed by atoms with van der Waals surface area (Å²) in [6.07, 6.45) is -0.972. The molecule has 108 valence electrons. The Balaban J connectivity index is 1.74. The molecular formula is C15H13NO5. The minimum atomic E-state index is -0.972. The Morgan fingerprint density at radius 2 is 1.57 bits per heavy atom. The molecule has 6 heteroatoms. The summed E-state index contributed by atoms with van der Waals surface area (Å²) in [5.74, 6) is -0.306. The van der Waals surface area contributed by atoms with Gasteiger partial charge in [-0.1, -0.05) is 18.2 Å². The molecule has 0 unspecified atom stereocenters. The van der Waals surface area contributed by atoms with E-state index < -0.39 is 18.9 Å². The van der Waals surface area contributed by atoms with Crippen LogP contribution < -0.4 is 10.5 Å². The lowest BCUT2D eigenvalue weighted by atomic mass is 10.2. The third-order valence-corrected chi connectivity index (χ3v) is 2.46. The van der Waals surface area contributed by atoms with Crippen molar-refractivity contribution in [1.82, 2.24) is 0 Å². The zero-order valence-corrected chi connectivity index (χ0v) is 11.0. The number of benzene rings is 2. The van der Waals surface area contributed by atoms with E-state index in [-0.39, 0.29) is 5.75 Å². The molecular weight excluding hydrogens is 274 g/mol. The van der Waals surface area contributed by atoms with Gasteiger partial charge in [0.15, 0.2) is 0 Å². The van der Waals surface area contributed by atoms with E-state index in [0.717, 1.165) is 0 Å². The first-order valence-electron chi connectivity index (χ1n) is 6.07. The molecule has 0 bridgehead atoms. The Morgan fingerprint density at radius 1 is 0.905 bits per heavy atom. The Morgan fingerprint density at radius 3 is 2.24 bits per heavy atom. The van der Waals surface area contributed by atoms with Crippen LogP contribution >= 0.6 is 0 Å². The molecule has 0 heterocycles. The normalized spacial score (nSPS) is 9.71. The van der Waals surface area contributed by atoms with E-state index in [4.69, 9.17) is 15.2 Å². The van der Waals surface area contributed by atoms with Crippen LogP contribution in [0, 0.1) is 0 Å².